The number of rotatable bonds is 7. The van der Waals surface area contributed by atoms with Crippen LogP contribution in [0.2, 0.25) is 0 Å². The first-order valence-electron chi connectivity index (χ1n) is 7.33. The van der Waals surface area contributed by atoms with Crippen LogP contribution in [0.1, 0.15) is 41.4 Å². The zero-order valence-electron chi connectivity index (χ0n) is 12.8. The Morgan fingerprint density at radius 3 is 2.62 bits per heavy atom. The van der Waals surface area contributed by atoms with Crippen molar-refractivity contribution < 1.29 is 4.74 Å². The van der Waals surface area contributed by atoms with Crippen molar-refractivity contribution in [3.05, 3.63) is 41.2 Å². The highest BCUT2D eigenvalue weighted by Gasteiger charge is 2.09. The highest BCUT2D eigenvalue weighted by Crippen LogP contribution is 2.23. The Morgan fingerprint density at radius 2 is 1.95 bits per heavy atom. The van der Waals surface area contributed by atoms with Crippen LogP contribution in [0.25, 0.3) is 0 Å². The highest BCUT2D eigenvalue weighted by molar-refractivity contribution is 9.09. The molecule has 1 heterocycles. The van der Waals surface area contributed by atoms with Crippen molar-refractivity contribution in [2.24, 2.45) is 0 Å². The van der Waals surface area contributed by atoms with E-state index in [0.717, 1.165) is 30.8 Å². The molecule has 0 N–H and O–H groups in total. The van der Waals surface area contributed by atoms with Crippen LogP contribution in [0, 0.1) is 13.8 Å². The summed E-state index contributed by atoms with van der Waals surface area (Å²) in [6.45, 7) is 7.80. The second-order valence-electron chi connectivity index (χ2n) is 5.31. The smallest absolute Gasteiger partial charge is 0.119 e. The lowest BCUT2D eigenvalue weighted by molar-refractivity contribution is 0.297. The van der Waals surface area contributed by atoms with Gasteiger partial charge in [0.1, 0.15) is 5.75 Å². The van der Waals surface area contributed by atoms with Crippen LogP contribution in [0.4, 0.5) is 0 Å². The van der Waals surface area contributed by atoms with E-state index in [0.29, 0.717) is 6.61 Å². The molecule has 0 bridgehead atoms. The van der Waals surface area contributed by atoms with E-state index in [1.54, 1.807) is 0 Å². The predicted molar refractivity (Wildman–Crippen MR) is 88.0 cm³/mol. The molecule has 1 aromatic heterocycles. The van der Waals surface area contributed by atoms with E-state index in [-0.39, 0.29) is 4.83 Å². The molecule has 2 rings (SSSR count). The quantitative estimate of drug-likeness (QED) is 0.554. The summed E-state index contributed by atoms with van der Waals surface area (Å²) in [6.07, 6.45) is 3.92. The zero-order chi connectivity index (χ0) is 15.2. The third-order valence-corrected chi connectivity index (χ3v) is 4.35. The monoisotopic (exact) mass is 351 g/mol. The third kappa shape index (κ3) is 4.84. The number of nitrogens with zero attached hydrogens (tertiary/aromatic N) is 3. The van der Waals surface area contributed by atoms with Crippen LogP contribution < -0.4 is 4.74 Å². The van der Waals surface area contributed by atoms with E-state index in [4.69, 9.17) is 4.74 Å². The first-order chi connectivity index (χ1) is 10.1. The van der Waals surface area contributed by atoms with Crippen molar-refractivity contribution in [1.29, 1.82) is 0 Å². The summed E-state index contributed by atoms with van der Waals surface area (Å²) in [5.74, 6) is 0.943. The molecular weight excluding hydrogens is 330 g/mol. The average molecular weight is 352 g/mol. The lowest BCUT2D eigenvalue weighted by Crippen LogP contribution is -2.05. The van der Waals surface area contributed by atoms with Gasteiger partial charge in [-0.2, -0.15) is 0 Å². The van der Waals surface area contributed by atoms with Gasteiger partial charge in [0.25, 0.3) is 0 Å². The van der Waals surface area contributed by atoms with Crippen LogP contribution in [0.5, 0.6) is 5.75 Å². The Bertz CT molecular complexity index is 562. The summed E-state index contributed by atoms with van der Waals surface area (Å²) in [7, 11) is 0. The van der Waals surface area contributed by atoms with E-state index in [2.05, 4.69) is 65.2 Å². The molecule has 0 saturated carbocycles. The van der Waals surface area contributed by atoms with E-state index in [1.807, 2.05) is 10.9 Å². The van der Waals surface area contributed by atoms with Gasteiger partial charge < -0.3 is 4.74 Å². The van der Waals surface area contributed by atoms with Crippen molar-refractivity contribution in [2.45, 2.75) is 45.0 Å². The van der Waals surface area contributed by atoms with Crippen molar-refractivity contribution in [2.75, 3.05) is 6.61 Å². The number of ether oxygens (including phenoxy) is 1. The van der Waals surface area contributed by atoms with Gasteiger partial charge in [-0.3, -0.25) is 4.68 Å². The van der Waals surface area contributed by atoms with Gasteiger partial charge in [0.15, 0.2) is 0 Å². The molecule has 0 aliphatic heterocycles. The van der Waals surface area contributed by atoms with Crippen molar-refractivity contribution in [3.8, 4) is 5.75 Å². The van der Waals surface area contributed by atoms with E-state index in [1.165, 1.54) is 11.1 Å². The minimum atomic E-state index is 0.290. The standard InChI is InChI=1S/C16H22BrN3O/c1-4-15(17)16-11-20(19-18-16)6-5-7-21-14-9-12(2)8-13(3)10-14/h8-11,15H,4-7H2,1-3H3. The molecule has 1 aromatic carbocycles. The van der Waals surface area contributed by atoms with Gasteiger partial charge in [0.05, 0.1) is 17.1 Å². The SMILES string of the molecule is CCC(Br)c1cn(CCCOc2cc(C)cc(C)c2)nn1. The van der Waals surface area contributed by atoms with Crippen LogP contribution in [0.3, 0.4) is 0 Å². The predicted octanol–water partition coefficient (Wildman–Crippen LogP) is 4.21. The summed E-state index contributed by atoms with van der Waals surface area (Å²) in [6, 6.07) is 6.28. The third-order valence-electron chi connectivity index (χ3n) is 3.23. The maximum atomic E-state index is 5.79. The van der Waals surface area contributed by atoms with Gasteiger partial charge in [-0.1, -0.05) is 34.1 Å². The van der Waals surface area contributed by atoms with Gasteiger partial charge >= 0.3 is 0 Å². The molecule has 0 amide bonds. The van der Waals surface area contributed by atoms with Crippen LogP contribution in [-0.4, -0.2) is 21.6 Å². The molecule has 1 unspecified atom stereocenters. The fourth-order valence-electron chi connectivity index (χ4n) is 2.21. The summed E-state index contributed by atoms with van der Waals surface area (Å²) in [5.41, 5.74) is 3.45. The molecule has 0 fully saturated rings. The van der Waals surface area contributed by atoms with E-state index in [9.17, 15) is 0 Å². The second kappa shape index (κ2) is 7.59. The van der Waals surface area contributed by atoms with Crippen molar-refractivity contribution in [1.82, 2.24) is 15.0 Å². The Kier molecular flexibility index (Phi) is 5.79. The molecule has 0 aliphatic rings. The lowest BCUT2D eigenvalue weighted by Gasteiger charge is -2.08. The largest absolute Gasteiger partial charge is 0.494 e. The molecule has 0 radical (unpaired) electrons. The number of alkyl halides is 1. The number of aryl methyl sites for hydroxylation is 3. The molecule has 0 saturated heterocycles. The lowest BCUT2D eigenvalue weighted by atomic mass is 10.1. The van der Waals surface area contributed by atoms with Crippen LogP contribution >= 0.6 is 15.9 Å². The molecule has 2 aromatic rings. The molecule has 0 spiro atoms. The molecule has 1 atom stereocenters. The van der Waals surface area contributed by atoms with Crippen LogP contribution in [0.15, 0.2) is 24.4 Å². The first-order valence-corrected chi connectivity index (χ1v) is 8.25. The number of hydrogen-bond donors (Lipinski definition) is 0. The zero-order valence-corrected chi connectivity index (χ0v) is 14.4. The number of benzene rings is 1. The number of hydrogen-bond acceptors (Lipinski definition) is 3. The molecule has 5 heteroatoms. The number of aromatic nitrogens is 3. The maximum absolute atomic E-state index is 5.79. The van der Waals surface area contributed by atoms with Crippen molar-refractivity contribution in [3.63, 3.8) is 0 Å². The van der Waals surface area contributed by atoms with Gasteiger partial charge in [0, 0.05) is 19.2 Å². The minimum Gasteiger partial charge on any atom is -0.494 e. The molecular formula is C16H22BrN3O. The summed E-state index contributed by atoms with van der Waals surface area (Å²) < 4.78 is 7.67. The van der Waals surface area contributed by atoms with Crippen molar-refractivity contribution >= 4 is 15.9 Å². The molecule has 0 aliphatic carbocycles. The second-order valence-corrected chi connectivity index (χ2v) is 6.41. The molecule has 114 valence electrons. The summed E-state index contributed by atoms with van der Waals surface area (Å²) in [4.78, 5) is 0.290. The molecule has 21 heavy (non-hydrogen) atoms. The maximum Gasteiger partial charge on any atom is 0.119 e. The minimum absolute atomic E-state index is 0.290. The Hall–Kier alpha value is -1.36. The fourth-order valence-corrected chi connectivity index (χ4v) is 2.42. The number of halogens is 1. The van der Waals surface area contributed by atoms with Gasteiger partial charge in [-0.15, -0.1) is 5.10 Å². The Balaban J connectivity index is 1.78. The summed E-state index contributed by atoms with van der Waals surface area (Å²) in [5, 5.41) is 8.31. The average Bonchev–Trinajstić information content (AvgIpc) is 2.90. The highest BCUT2D eigenvalue weighted by atomic mass is 79.9. The first kappa shape index (κ1) is 16.0. The van der Waals surface area contributed by atoms with Gasteiger partial charge in [-0.25, -0.2) is 0 Å². The van der Waals surface area contributed by atoms with E-state index < -0.39 is 0 Å². The normalized spacial score (nSPS) is 12.4. The Morgan fingerprint density at radius 1 is 1.24 bits per heavy atom. The topological polar surface area (TPSA) is 39.9 Å². The van der Waals surface area contributed by atoms with E-state index >= 15 is 0 Å². The fraction of sp³-hybridized carbons (Fsp3) is 0.500. The van der Waals surface area contributed by atoms with Gasteiger partial charge in [-0.05, 0) is 43.5 Å². The van der Waals surface area contributed by atoms with Crippen LogP contribution in [-0.2, 0) is 6.54 Å². The Labute approximate surface area is 134 Å². The van der Waals surface area contributed by atoms with Gasteiger partial charge in [0.2, 0.25) is 0 Å². The molecule has 4 nitrogen and oxygen atoms in total. The summed E-state index contributed by atoms with van der Waals surface area (Å²) >= 11 is 3.58.